The average molecular weight is 433 g/mol. The maximum absolute atomic E-state index is 12.6. The van der Waals surface area contributed by atoms with Gasteiger partial charge in [-0.05, 0) is 53.3 Å². The summed E-state index contributed by atoms with van der Waals surface area (Å²) in [5.74, 6) is -1.35. The van der Waals surface area contributed by atoms with Gasteiger partial charge in [-0.3, -0.25) is 9.48 Å². The Morgan fingerprint density at radius 1 is 1.13 bits per heavy atom. The standard InChI is InChI=1S/C22H19N5O3S/c23-17-8-7-16(20-2-1-11-31-20)12-18(17)24-21(28)19-13-27(26-25-19)10-9-14-3-5-15(6-4-14)22(29)30/h1-8,11-13H,9-10,23H2,(H,24,28)(H,29,30). The minimum Gasteiger partial charge on any atom is -0.478 e. The fourth-order valence-electron chi connectivity index (χ4n) is 3.02. The van der Waals surface area contributed by atoms with E-state index in [1.807, 2.05) is 29.6 Å². The van der Waals surface area contributed by atoms with E-state index in [4.69, 9.17) is 10.8 Å². The molecular weight excluding hydrogens is 414 g/mol. The molecule has 0 atom stereocenters. The Balaban J connectivity index is 1.40. The van der Waals surface area contributed by atoms with Crippen molar-refractivity contribution in [2.45, 2.75) is 13.0 Å². The monoisotopic (exact) mass is 433 g/mol. The van der Waals surface area contributed by atoms with Crippen LogP contribution in [0.15, 0.2) is 66.2 Å². The zero-order chi connectivity index (χ0) is 21.8. The number of nitrogen functional groups attached to an aromatic ring is 1. The number of benzene rings is 2. The molecule has 0 aliphatic rings. The molecule has 0 radical (unpaired) electrons. The number of nitrogens with zero attached hydrogens (tertiary/aromatic N) is 3. The molecule has 8 nitrogen and oxygen atoms in total. The number of carbonyl (C=O) groups is 2. The van der Waals surface area contributed by atoms with Crippen LogP contribution in [0.5, 0.6) is 0 Å². The maximum Gasteiger partial charge on any atom is 0.335 e. The summed E-state index contributed by atoms with van der Waals surface area (Å²) < 4.78 is 1.57. The summed E-state index contributed by atoms with van der Waals surface area (Å²) in [6.45, 7) is 0.503. The highest BCUT2D eigenvalue weighted by Gasteiger charge is 2.14. The molecule has 4 N–H and O–H groups in total. The van der Waals surface area contributed by atoms with Crippen molar-refractivity contribution < 1.29 is 14.7 Å². The Labute approximate surface area is 182 Å². The summed E-state index contributed by atoms with van der Waals surface area (Å²) in [5.41, 5.74) is 9.36. The zero-order valence-corrected chi connectivity index (χ0v) is 17.2. The van der Waals surface area contributed by atoms with E-state index in [0.29, 0.717) is 24.3 Å². The molecule has 0 unspecified atom stereocenters. The summed E-state index contributed by atoms with van der Waals surface area (Å²) in [7, 11) is 0. The van der Waals surface area contributed by atoms with Crippen LogP contribution in [-0.4, -0.2) is 32.0 Å². The molecule has 0 fully saturated rings. The van der Waals surface area contributed by atoms with Gasteiger partial charge in [-0.15, -0.1) is 16.4 Å². The lowest BCUT2D eigenvalue weighted by molar-refractivity contribution is 0.0696. The van der Waals surface area contributed by atoms with Crippen LogP contribution in [0.25, 0.3) is 10.4 Å². The summed E-state index contributed by atoms with van der Waals surface area (Å²) >= 11 is 1.61. The van der Waals surface area contributed by atoms with Crippen molar-refractivity contribution in [3.05, 3.63) is 83.0 Å². The normalized spacial score (nSPS) is 10.7. The van der Waals surface area contributed by atoms with Crippen molar-refractivity contribution in [3.8, 4) is 10.4 Å². The number of thiophene rings is 1. The van der Waals surface area contributed by atoms with E-state index in [2.05, 4.69) is 15.6 Å². The first-order chi connectivity index (χ1) is 15.0. The van der Waals surface area contributed by atoms with Crippen LogP contribution in [-0.2, 0) is 13.0 Å². The molecule has 2 aromatic carbocycles. The molecule has 31 heavy (non-hydrogen) atoms. The first-order valence-corrected chi connectivity index (χ1v) is 10.3. The van der Waals surface area contributed by atoms with Gasteiger partial charge >= 0.3 is 5.97 Å². The number of aromatic carboxylic acids is 1. The second-order valence-electron chi connectivity index (χ2n) is 6.85. The number of amides is 1. The summed E-state index contributed by atoms with van der Waals surface area (Å²) in [6.07, 6.45) is 2.19. The summed E-state index contributed by atoms with van der Waals surface area (Å²) in [6, 6.07) is 16.1. The van der Waals surface area contributed by atoms with E-state index in [1.165, 1.54) is 0 Å². The van der Waals surface area contributed by atoms with Crippen molar-refractivity contribution in [2.24, 2.45) is 0 Å². The van der Waals surface area contributed by atoms with E-state index >= 15 is 0 Å². The third-order valence-electron chi connectivity index (χ3n) is 4.71. The Kier molecular flexibility index (Phi) is 5.76. The van der Waals surface area contributed by atoms with Crippen LogP contribution < -0.4 is 11.1 Å². The Morgan fingerprint density at radius 2 is 1.94 bits per heavy atom. The lowest BCUT2D eigenvalue weighted by Gasteiger charge is -2.08. The van der Waals surface area contributed by atoms with Gasteiger partial charge in [0.25, 0.3) is 5.91 Å². The third-order valence-corrected chi connectivity index (χ3v) is 5.63. The van der Waals surface area contributed by atoms with Gasteiger partial charge in [0.1, 0.15) is 0 Å². The van der Waals surface area contributed by atoms with E-state index in [9.17, 15) is 9.59 Å². The fraction of sp³-hybridized carbons (Fsp3) is 0.0909. The molecule has 4 rings (SSSR count). The van der Waals surface area contributed by atoms with Crippen LogP contribution >= 0.6 is 11.3 Å². The first kappa shape index (κ1) is 20.3. The van der Waals surface area contributed by atoms with Gasteiger partial charge < -0.3 is 16.2 Å². The molecule has 1 amide bonds. The number of aromatic nitrogens is 3. The molecule has 0 bridgehead atoms. The van der Waals surface area contributed by atoms with Gasteiger partial charge in [-0.25, -0.2) is 4.79 Å². The topological polar surface area (TPSA) is 123 Å². The number of rotatable bonds is 7. The van der Waals surface area contributed by atoms with Gasteiger partial charge in [-0.1, -0.05) is 29.5 Å². The van der Waals surface area contributed by atoms with Gasteiger partial charge in [0.2, 0.25) is 0 Å². The number of carboxylic acid groups (broad SMARTS) is 1. The third kappa shape index (κ3) is 4.78. The van der Waals surface area contributed by atoms with Crippen molar-refractivity contribution >= 4 is 34.6 Å². The lowest BCUT2D eigenvalue weighted by Crippen LogP contribution is -2.13. The Hall–Kier alpha value is -3.98. The molecule has 0 saturated heterocycles. The highest BCUT2D eigenvalue weighted by Crippen LogP contribution is 2.30. The fourth-order valence-corrected chi connectivity index (χ4v) is 3.74. The van der Waals surface area contributed by atoms with Crippen LogP contribution in [0, 0.1) is 0 Å². The summed E-state index contributed by atoms with van der Waals surface area (Å²) in [4.78, 5) is 24.6. The van der Waals surface area contributed by atoms with E-state index in [-0.39, 0.29) is 11.3 Å². The van der Waals surface area contributed by atoms with Crippen molar-refractivity contribution in [3.63, 3.8) is 0 Å². The molecule has 9 heteroatoms. The number of hydrogen-bond acceptors (Lipinski definition) is 6. The Bertz CT molecular complexity index is 1220. The van der Waals surface area contributed by atoms with E-state index in [1.54, 1.807) is 52.5 Å². The van der Waals surface area contributed by atoms with Gasteiger partial charge in [0.05, 0.1) is 23.1 Å². The molecule has 0 aliphatic heterocycles. The molecule has 2 aromatic heterocycles. The molecule has 4 aromatic rings. The second-order valence-corrected chi connectivity index (χ2v) is 7.80. The molecule has 0 aliphatic carbocycles. The van der Waals surface area contributed by atoms with Crippen LogP contribution in [0.3, 0.4) is 0 Å². The number of anilines is 2. The van der Waals surface area contributed by atoms with Crippen LogP contribution in [0.1, 0.15) is 26.4 Å². The molecule has 156 valence electrons. The minimum atomic E-state index is -0.958. The predicted octanol–water partition coefficient (Wildman–Crippen LogP) is 3.78. The Morgan fingerprint density at radius 3 is 2.65 bits per heavy atom. The van der Waals surface area contributed by atoms with Crippen molar-refractivity contribution in [2.75, 3.05) is 11.1 Å². The van der Waals surface area contributed by atoms with Crippen LogP contribution in [0.4, 0.5) is 11.4 Å². The van der Waals surface area contributed by atoms with Crippen molar-refractivity contribution in [1.29, 1.82) is 0 Å². The highest BCUT2D eigenvalue weighted by molar-refractivity contribution is 7.13. The highest BCUT2D eigenvalue weighted by atomic mass is 32.1. The maximum atomic E-state index is 12.6. The van der Waals surface area contributed by atoms with E-state index in [0.717, 1.165) is 16.0 Å². The number of aryl methyl sites for hydroxylation is 2. The number of hydrogen-bond donors (Lipinski definition) is 3. The lowest BCUT2D eigenvalue weighted by atomic mass is 10.1. The summed E-state index contributed by atoms with van der Waals surface area (Å²) in [5, 5.41) is 21.7. The zero-order valence-electron chi connectivity index (χ0n) is 16.4. The predicted molar refractivity (Wildman–Crippen MR) is 119 cm³/mol. The van der Waals surface area contributed by atoms with Gasteiger partial charge in [0, 0.05) is 11.4 Å². The van der Waals surface area contributed by atoms with Crippen molar-refractivity contribution in [1.82, 2.24) is 15.0 Å². The minimum absolute atomic E-state index is 0.183. The molecule has 2 heterocycles. The van der Waals surface area contributed by atoms with Gasteiger partial charge in [-0.2, -0.15) is 0 Å². The van der Waals surface area contributed by atoms with Gasteiger partial charge in [0.15, 0.2) is 5.69 Å². The number of carboxylic acids is 1. The molecule has 0 saturated carbocycles. The SMILES string of the molecule is Nc1ccc(-c2cccs2)cc1NC(=O)c1cn(CCc2ccc(C(=O)O)cc2)nn1. The molecule has 0 spiro atoms. The smallest absolute Gasteiger partial charge is 0.335 e. The number of nitrogens with one attached hydrogen (secondary N) is 1. The largest absolute Gasteiger partial charge is 0.478 e. The second kappa shape index (κ2) is 8.80. The van der Waals surface area contributed by atoms with E-state index < -0.39 is 11.9 Å². The number of carbonyl (C=O) groups excluding carboxylic acids is 1. The first-order valence-electron chi connectivity index (χ1n) is 9.47. The van der Waals surface area contributed by atoms with Crippen LogP contribution in [0.2, 0.25) is 0 Å². The molecular formula is C22H19N5O3S. The quantitative estimate of drug-likeness (QED) is 0.381. The average Bonchev–Trinajstić information content (AvgIpc) is 3.46. The number of nitrogens with two attached hydrogens (primary N) is 1.